The molecule has 7 nitrogen and oxygen atoms in total. The summed E-state index contributed by atoms with van der Waals surface area (Å²) in [6.07, 6.45) is 1.79. The molecule has 1 aromatic heterocycles. The molecule has 2 N–H and O–H groups in total. The maximum absolute atomic E-state index is 11.9. The van der Waals surface area contributed by atoms with Gasteiger partial charge < -0.3 is 15.2 Å². The summed E-state index contributed by atoms with van der Waals surface area (Å²) >= 11 is 0. The van der Waals surface area contributed by atoms with E-state index in [1.165, 1.54) is 0 Å². The van der Waals surface area contributed by atoms with Crippen LogP contribution in [0.5, 0.6) is 5.75 Å². The molecule has 1 aromatic rings. The van der Waals surface area contributed by atoms with Gasteiger partial charge >= 0.3 is 6.09 Å². The van der Waals surface area contributed by atoms with Crippen LogP contribution in [0.15, 0.2) is 18.3 Å². The molecule has 0 aromatic carbocycles. The third kappa shape index (κ3) is 2.07. The van der Waals surface area contributed by atoms with Crippen LogP contribution in [0.25, 0.3) is 0 Å². The first-order valence-corrected chi connectivity index (χ1v) is 6.04. The lowest BCUT2D eigenvalue weighted by Crippen LogP contribution is -2.57. The van der Waals surface area contributed by atoms with Gasteiger partial charge in [-0.05, 0) is 25.0 Å². The molecule has 1 saturated carbocycles. The molecule has 0 bridgehead atoms. The average Bonchev–Trinajstić information content (AvgIpc) is 2.34. The standard InChI is InChI=1S/C12H13N3O4/c16-10-6-19-9-2-1-3-13-11(9)15(10)8-4-7(5-8)14-12(17)18/h1-3,7-8,14H,4-6H2,(H,17,18). The summed E-state index contributed by atoms with van der Waals surface area (Å²) in [4.78, 5) is 28.3. The predicted octanol–water partition coefficient (Wildman–Crippen LogP) is 0.606. The third-order valence-electron chi connectivity index (χ3n) is 3.40. The van der Waals surface area contributed by atoms with Gasteiger partial charge in [0.25, 0.3) is 5.91 Å². The van der Waals surface area contributed by atoms with Crippen molar-refractivity contribution in [1.82, 2.24) is 10.3 Å². The number of aromatic nitrogens is 1. The highest BCUT2D eigenvalue weighted by atomic mass is 16.5. The number of nitrogens with zero attached hydrogens (tertiary/aromatic N) is 2. The van der Waals surface area contributed by atoms with Gasteiger partial charge in [0.2, 0.25) is 0 Å². The molecule has 1 fully saturated rings. The fourth-order valence-corrected chi connectivity index (χ4v) is 2.47. The Bertz CT molecular complexity index is 527. The number of carbonyl (C=O) groups is 2. The number of amides is 2. The van der Waals surface area contributed by atoms with Crippen LogP contribution in [0.3, 0.4) is 0 Å². The first kappa shape index (κ1) is 11.8. The number of rotatable bonds is 2. The second-order valence-corrected chi connectivity index (χ2v) is 4.65. The summed E-state index contributed by atoms with van der Waals surface area (Å²) in [6, 6.07) is 3.42. The van der Waals surface area contributed by atoms with Gasteiger partial charge in [-0.25, -0.2) is 9.78 Å². The Hall–Kier alpha value is -2.31. The Morgan fingerprint density at radius 1 is 1.53 bits per heavy atom. The minimum atomic E-state index is -1.03. The third-order valence-corrected chi connectivity index (χ3v) is 3.40. The average molecular weight is 263 g/mol. The summed E-state index contributed by atoms with van der Waals surface area (Å²) in [5, 5.41) is 11.0. The molecule has 2 heterocycles. The van der Waals surface area contributed by atoms with Crippen molar-refractivity contribution in [3.63, 3.8) is 0 Å². The summed E-state index contributed by atoms with van der Waals surface area (Å²) in [5.41, 5.74) is 0. The Kier molecular flexibility index (Phi) is 2.73. The van der Waals surface area contributed by atoms with Gasteiger partial charge in [0.15, 0.2) is 18.2 Å². The number of hydrogen-bond acceptors (Lipinski definition) is 4. The molecule has 2 aliphatic rings. The van der Waals surface area contributed by atoms with E-state index in [9.17, 15) is 9.59 Å². The van der Waals surface area contributed by atoms with Crippen LogP contribution in [0, 0.1) is 0 Å². The number of hydrogen-bond donors (Lipinski definition) is 2. The lowest BCUT2D eigenvalue weighted by molar-refractivity contribution is -0.122. The van der Waals surface area contributed by atoms with Crippen molar-refractivity contribution in [2.45, 2.75) is 24.9 Å². The lowest BCUT2D eigenvalue weighted by atomic mass is 9.85. The highest BCUT2D eigenvalue weighted by molar-refractivity contribution is 5.97. The van der Waals surface area contributed by atoms with Crippen LogP contribution in [-0.2, 0) is 4.79 Å². The highest BCUT2D eigenvalue weighted by Crippen LogP contribution is 2.36. The van der Waals surface area contributed by atoms with Crippen molar-refractivity contribution >= 4 is 17.8 Å². The van der Waals surface area contributed by atoms with E-state index in [0.29, 0.717) is 24.4 Å². The Morgan fingerprint density at radius 2 is 2.32 bits per heavy atom. The number of anilines is 1. The van der Waals surface area contributed by atoms with Crippen molar-refractivity contribution in [3.05, 3.63) is 18.3 Å². The van der Waals surface area contributed by atoms with Gasteiger partial charge in [-0.1, -0.05) is 0 Å². The number of ether oxygens (including phenoxy) is 1. The molecule has 0 unspecified atom stereocenters. The maximum atomic E-state index is 11.9. The number of carbonyl (C=O) groups excluding carboxylic acids is 1. The minimum Gasteiger partial charge on any atom is -0.480 e. The molecule has 0 atom stereocenters. The zero-order valence-corrected chi connectivity index (χ0v) is 10.1. The number of carboxylic acid groups (broad SMARTS) is 1. The van der Waals surface area contributed by atoms with Crippen LogP contribution < -0.4 is 15.0 Å². The molecule has 2 amide bonds. The van der Waals surface area contributed by atoms with Gasteiger partial charge in [0.1, 0.15) is 0 Å². The monoisotopic (exact) mass is 263 g/mol. The van der Waals surface area contributed by atoms with E-state index in [-0.39, 0.29) is 24.6 Å². The lowest BCUT2D eigenvalue weighted by Gasteiger charge is -2.43. The molecule has 100 valence electrons. The molecule has 0 saturated heterocycles. The van der Waals surface area contributed by atoms with Crippen molar-refractivity contribution < 1.29 is 19.4 Å². The van der Waals surface area contributed by atoms with E-state index in [1.807, 2.05) is 0 Å². The fraction of sp³-hybridized carbons (Fsp3) is 0.417. The minimum absolute atomic E-state index is 0.00617. The summed E-state index contributed by atoms with van der Waals surface area (Å²) < 4.78 is 5.31. The Morgan fingerprint density at radius 3 is 3.05 bits per heavy atom. The molecular weight excluding hydrogens is 250 g/mol. The zero-order chi connectivity index (χ0) is 13.4. The van der Waals surface area contributed by atoms with Gasteiger partial charge in [-0.15, -0.1) is 0 Å². The van der Waals surface area contributed by atoms with E-state index in [4.69, 9.17) is 9.84 Å². The summed E-state index contributed by atoms with van der Waals surface area (Å²) in [7, 11) is 0. The zero-order valence-electron chi connectivity index (χ0n) is 10.1. The molecule has 19 heavy (non-hydrogen) atoms. The fourth-order valence-electron chi connectivity index (χ4n) is 2.47. The normalized spacial score (nSPS) is 25.1. The second kappa shape index (κ2) is 4.42. The molecule has 7 heteroatoms. The molecule has 0 spiro atoms. The van der Waals surface area contributed by atoms with E-state index in [0.717, 1.165) is 0 Å². The second-order valence-electron chi connectivity index (χ2n) is 4.65. The van der Waals surface area contributed by atoms with E-state index in [2.05, 4.69) is 10.3 Å². The SMILES string of the molecule is O=C(O)NC1CC(N2C(=O)COc3cccnc32)C1. The van der Waals surface area contributed by atoms with E-state index >= 15 is 0 Å². The Labute approximate surface area is 109 Å². The van der Waals surface area contributed by atoms with Crippen LogP contribution in [0.1, 0.15) is 12.8 Å². The van der Waals surface area contributed by atoms with E-state index < -0.39 is 6.09 Å². The van der Waals surface area contributed by atoms with E-state index in [1.54, 1.807) is 23.2 Å². The van der Waals surface area contributed by atoms with Crippen LogP contribution in [0.4, 0.5) is 10.6 Å². The van der Waals surface area contributed by atoms with Crippen LogP contribution in [0.2, 0.25) is 0 Å². The van der Waals surface area contributed by atoms with Crippen molar-refractivity contribution in [3.8, 4) is 5.75 Å². The van der Waals surface area contributed by atoms with Crippen molar-refractivity contribution in [2.24, 2.45) is 0 Å². The first-order chi connectivity index (χ1) is 9.15. The number of fused-ring (bicyclic) bond motifs is 1. The number of nitrogens with one attached hydrogen (secondary N) is 1. The molecule has 0 radical (unpaired) electrons. The van der Waals surface area contributed by atoms with Crippen LogP contribution >= 0.6 is 0 Å². The molecule has 1 aliphatic carbocycles. The number of pyridine rings is 1. The largest absolute Gasteiger partial charge is 0.480 e. The van der Waals surface area contributed by atoms with Gasteiger partial charge in [0.05, 0.1) is 0 Å². The molecule has 1 aliphatic heterocycles. The predicted molar refractivity (Wildman–Crippen MR) is 65.2 cm³/mol. The topological polar surface area (TPSA) is 91.8 Å². The van der Waals surface area contributed by atoms with Crippen LogP contribution in [-0.4, -0.2) is 40.8 Å². The van der Waals surface area contributed by atoms with Gasteiger partial charge in [0, 0.05) is 18.3 Å². The first-order valence-electron chi connectivity index (χ1n) is 6.04. The summed E-state index contributed by atoms with van der Waals surface area (Å²) in [6.45, 7) is 0.00617. The van der Waals surface area contributed by atoms with Gasteiger partial charge in [-0.2, -0.15) is 0 Å². The maximum Gasteiger partial charge on any atom is 0.404 e. The highest BCUT2D eigenvalue weighted by Gasteiger charge is 2.40. The van der Waals surface area contributed by atoms with Crippen molar-refractivity contribution in [1.29, 1.82) is 0 Å². The molecular formula is C12H13N3O4. The molecule has 3 rings (SSSR count). The quantitative estimate of drug-likeness (QED) is 0.815. The smallest absolute Gasteiger partial charge is 0.404 e. The van der Waals surface area contributed by atoms with Crippen molar-refractivity contribution in [2.75, 3.05) is 11.5 Å². The van der Waals surface area contributed by atoms with Gasteiger partial charge in [-0.3, -0.25) is 9.69 Å². The summed E-state index contributed by atoms with van der Waals surface area (Å²) in [5.74, 6) is 0.985. The Balaban J connectivity index is 1.75.